The molecule has 11 heteroatoms. The van der Waals surface area contributed by atoms with Crippen LogP contribution in [-0.4, -0.2) is 33.9 Å². The van der Waals surface area contributed by atoms with Gasteiger partial charge in [-0.15, -0.1) is 11.3 Å². The molecule has 0 aliphatic heterocycles. The molecule has 0 aliphatic carbocycles. The van der Waals surface area contributed by atoms with Crippen molar-refractivity contribution in [3.63, 3.8) is 0 Å². The maximum Gasteiger partial charge on any atom is 0.433 e. The summed E-state index contributed by atoms with van der Waals surface area (Å²) in [5, 5.41) is 7.41. The van der Waals surface area contributed by atoms with Gasteiger partial charge in [0.1, 0.15) is 16.4 Å². The van der Waals surface area contributed by atoms with Gasteiger partial charge in [0, 0.05) is 31.2 Å². The zero-order valence-electron chi connectivity index (χ0n) is 11.7. The van der Waals surface area contributed by atoms with E-state index >= 15 is 0 Å². The van der Waals surface area contributed by atoms with Crippen LogP contribution in [0.4, 0.5) is 19.1 Å². The summed E-state index contributed by atoms with van der Waals surface area (Å²) in [6.45, 7) is 0.598. The maximum atomic E-state index is 12.5. The SMILES string of the molecule is NCc1nc(C(=O)NCCNc2nccc(C(F)(F)F)n2)cs1. The Labute approximate surface area is 133 Å². The Kier molecular flexibility index (Phi) is 5.45. The van der Waals surface area contributed by atoms with E-state index in [-0.39, 0.29) is 37.2 Å². The first-order valence-electron chi connectivity index (χ1n) is 6.47. The number of nitrogens with zero attached hydrogens (tertiary/aromatic N) is 3. The van der Waals surface area contributed by atoms with Crippen molar-refractivity contribution in [2.45, 2.75) is 12.7 Å². The summed E-state index contributed by atoms with van der Waals surface area (Å²) in [6, 6.07) is 0.782. The number of alkyl halides is 3. The number of halogens is 3. The molecular weight excluding hydrogens is 333 g/mol. The van der Waals surface area contributed by atoms with Crippen LogP contribution < -0.4 is 16.4 Å². The topological polar surface area (TPSA) is 106 Å². The first-order valence-corrected chi connectivity index (χ1v) is 7.35. The van der Waals surface area contributed by atoms with Crippen LogP contribution in [0.1, 0.15) is 21.2 Å². The molecule has 0 spiro atoms. The van der Waals surface area contributed by atoms with Crippen molar-refractivity contribution >= 4 is 23.2 Å². The van der Waals surface area contributed by atoms with E-state index in [9.17, 15) is 18.0 Å². The first kappa shape index (κ1) is 17.1. The van der Waals surface area contributed by atoms with Gasteiger partial charge >= 0.3 is 6.18 Å². The second-order valence-electron chi connectivity index (χ2n) is 4.28. The van der Waals surface area contributed by atoms with Crippen LogP contribution in [0.2, 0.25) is 0 Å². The molecule has 1 amide bonds. The number of carbonyl (C=O) groups excluding carboxylic acids is 1. The second kappa shape index (κ2) is 7.33. The molecule has 0 radical (unpaired) electrons. The molecule has 2 aromatic rings. The number of rotatable bonds is 6. The highest BCUT2D eigenvalue weighted by Crippen LogP contribution is 2.27. The van der Waals surface area contributed by atoms with E-state index < -0.39 is 11.9 Å². The van der Waals surface area contributed by atoms with E-state index in [0.717, 1.165) is 12.3 Å². The molecule has 0 atom stereocenters. The normalized spacial score (nSPS) is 11.3. The summed E-state index contributed by atoms with van der Waals surface area (Å²) in [5.74, 6) is -0.541. The molecule has 0 saturated carbocycles. The van der Waals surface area contributed by atoms with Gasteiger partial charge in [-0.2, -0.15) is 13.2 Å². The number of hydrogen-bond donors (Lipinski definition) is 3. The Morgan fingerprint density at radius 3 is 2.74 bits per heavy atom. The Morgan fingerprint density at radius 1 is 1.30 bits per heavy atom. The Hall–Kier alpha value is -2.27. The van der Waals surface area contributed by atoms with Crippen LogP contribution >= 0.6 is 11.3 Å². The molecule has 0 saturated heterocycles. The lowest BCUT2D eigenvalue weighted by Gasteiger charge is -2.08. The zero-order valence-corrected chi connectivity index (χ0v) is 12.5. The largest absolute Gasteiger partial charge is 0.433 e. The first-order chi connectivity index (χ1) is 10.9. The Morgan fingerprint density at radius 2 is 2.09 bits per heavy atom. The van der Waals surface area contributed by atoms with Gasteiger partial charge in [-0.25, -0.2) is 15.0 Å². The average molecular weight is 346 g/mol. The van der Waals surface area contributed by atoms with Crippen molar-refractivity contribution in [1.82, 2.24) is 20.3 Å². The fraction of sp³-hybridized carbons (Fsp3) is 0.333. The van der Waals surface area contributed by atoms with Crippen LogP contribution in [0.3, 0.4) is 0 Å². The van der Waals surface area contributed by atoms with Gasteiger partial charge in [-0.05, 0) is 6.07 Å². The molecule has 4 N–H and O–H groups in total. The lowest BCUT2D eigenvalue weighted by atomic mass is 10.4. The van der Waals surface area contributed by atoms with Crippen LogP contribution in [0.15, 0.2) is 17.6 Å². The third-order valence-electron chi connectivity index (χ3n) is 2.60. The van der Waals surface area contributed by atoms with Gasteiger partial charge in [0.15, 0.2) is 0 Å². The van der Waals surface area contributed by atoms with Gasteiger partial charge in [0.05, 0.1) is 0 Å². The minimum atomic E-state index is -4.53. The summed E-state index contributed by atoms with van der Waals surface area (Å²) in [5.41, 5.74) is 4.63. The van der Waals surface area contributed by atoms with Gasteiger partial charge < -0.3 is 16.4 Å². The summed E-state index contributed by atoms with van der Waals surface area (Å²) < 4.78 is 37.5. The van der Waals surface area contributed by atoms with E-state index in [0.29, 0.717) is 5.01 Å². The van der Waals surface area contributed by atoms with Crippen LogP contribution in [0.5, 0.6) is 0 Å². The van der Waals surface area contributed by atoms with E-state index in [1.807, 2.05) is 0 Å². The highest BCUT2D eigenvalue weighted by atomic mass is 32.1. The van der Waals surface area contributed by atoms with Crippen LogP contribution in [0.25, 0.3) is 0 Å². The molecule has 0 aliphatic rings. The molecule has 2 rings (SSSR count). The minimum absolute atomic E-state index is 0.159. The highest BCUT2D eigenvalue weighted by Gasteiger charge is 2.32. The predicted molar refractivity (Wildman–Crippen MR) is 77.9 cm³/mol. The van der Waals surface area contributed by atoms with Crippen LogP contribution in [-0.2, 0) is 12.7 Å². The summed E-state index contributed by atoms with van der Waals surface area (Å²) >= 11 is 1.28. The molecule has 0 fully saturated rings. The third kappa shape index (κ3) is 4.86. The number of hydrogen-bond acceptors (Lipinski definition) is 7. The number of nitrogens with two attached hydrogens (primary N) is 1. The van der Waals surface area contributed by atoms with Gasteiger partial charge in [0.2, 0.25) is 5.95 Å². The lowest BCUT2D eigenvalue weighted by molar-refractivity contribution is -0.141. The van der Waals surface area contributed by atoms with Crippen molar-refractivity contribution in [3.05, 3.63) is 34.0 Å². The summed E-state index contributed by atoms with van der Waals surface area (Å²) in [7, 11) is 0. The van der Waals surface area contributed by atoms with Crippen molar-refractivity contribution in [1.29, 1.82) is 0 Å². The van der Waals surface area contributed by atoms with E-state index in [4.69, 9.17) is 5.73 Å². The Balaban J connectivity index is 1.80. The Bertz CT molecular complexity index is 675. The maximum absolute atomic E-state index is 12.5. The van der Waals surface area contributed by atoms with Gasteiger partial charge in [-0.3, -0.25) is 4.79 Å². The second-order valence-corrected chi connectivity index (χ2v) is 5.22. The van der Waals surface area contributed by atoms with E-state index in [1.165, 1.54) is 11.3 Å². The molecule has 0 unspecified atom stereocenters. The third-order valence-corrected chi connectivity index (χ3v) is 3.47. The molecule has 2 heterocycles. The number of carbonyl (C=O) groups is 1. The molecule has 124 valence electrons. The van der Waals surface area contributed by atoms with E-state index in [2.05, 4.69) is 25.6 Å². The molecule has 0 aromatic carbocycles. The molecule has 2 aromatic heterocycles. The highest BCUT2D eigenvalue weighted by molar-refractivity contribution is 7.09. The van der Waals surface area contributed by atoms with E-state index in [1.54, 1.807) is 5.38 Å². The fourth-order valence-corrected chi connectivity index (χ4v) is 2.21. The lowest BCUT2D eigenvalue weighted by Crippen LogP contribution is -2.29. The monoisotopic (exact) mass is 346 g/mol. The predicted octanol–water partition coefficient (Wildman–Crippen LogP) is 1.25. The number of aromatic nitrogens is 3. The number of thiazole rings is 1. The summed E-state index contributed by atoms with van der Waals surface area (Å²) in [6.07, 6.45) is -3.51. The standard InChI is InChI=1S/C12H13F3N6OS/c13-12(14,15)8-1-2-18-11(21-8)19-4-3-17-10(22)7-6-23-9(5-16)20-7/h1-2,6H,3-5,16H2,(H,17,22)(H,18,19,21). The van der Waals surface area contributed by atoms with Crippen LogP contribution in [0, 0.1) is 0 Å². The zero-order chi connectivity index (χ0) is 16.9. The smallest absolute Gasteiger partial charge is 0.352 e. The molecule has 7 nitrogen and oxygen atoms in total. The summed E-state index contributed by atoms with van der Waals surface area (Å²) in [4.78, 5) is 22.8. The minimum Gasteiger partial charge on any atom is -0.352 e. The van der Waals surface area contributed by atoms with Gasteiger partial charge in [-0.1, -0.05) is 0 Å². The number of nitrogens with one attached hydrogen (secondary N) is 2. The quantitative estimate of drug-likeness (QED) is 0.680. The van der Waals surface area contributed by atoms with Crippen molar-refractivity contribution in [2.75, 3.05) is 18.4 Å². The molecular formula is C12H13F3N6OS. The fourth-order valence-electron chi connectivity index (χ4n) is 1.55. The van der Waals surface area contributed by atoms with Crippen molar-refractivity contribution in [2.24, 2.45) is 5.73 Å². The van der Waals surface area contributed by atoms with Gasteiger partial charge in [0.25, 0.3) is 5.91 Å². The number of anilines is 1. The molecule has 0 bridgehead atoms. The van der Waals surface area contributed by atoms with Crippen molar-refractivity contribution < 1.29 is 18.0 Å². The molecule has 23 heavy (non-hydrogen) atoms. The average Bonchev–Trinajstić information content (AvgIpc) is 3.00. The number of amides is 1. The van der Waals surface area contributed by atoms with Crippen molar-refractivity contribution in [3.8, 4) is 0 Å².